The van der Waals surface area contributed by atoms with Crippen molar-refractivity contribution < 1.29 is 4.57 Å². The normalized spacial score (nSPS) is 13.3. The van der Waals surface area contributed by atoms with E-state index in [1.807, 2.05) is 42.0 Å². The molecule has 0 saturated carbocycles. The Kier molecular flexibility index (Phi) is 4.25. The first kappa shape index (κ1) is 18.6. The van der Waals surface area contributed by atoms with Crippen LogP contribution in [0.5, 0.6) is 0 Å². The van der Waals surface area contributed by atoms with Gasteiger partial charge in [-0.1, -0.05) is 11.3 Å². The zero-order chi connectivity index (χ0) is 20.9. The zero-order valence-corrected chi connectivity index (χ0v) is 17.7. The third-order valence-electron chi connectivity index (χ3n) is 4.86. The van der Waals surface area contributed by atoms with E-state index in [0.29, 0.717) is 23.3 Å². The monoisotopic (exact) mass is 421 g/mol. The topological polar surface area (TPSA) is 109 Å². The SMILES string of the molecule is CC(c1ccc2nccn2c1)n1nnc2ncc(-c3cnn(CP(C)(C)=O)c3)nc21. The van der Waals surface area contributed by atoms with E-state index in [2.05, 4.69) is 25.4 Å². The van der Waals surface area contributed by atoms with Crippen molar-refractivity contribution in [1.82, 2.24) is 44.1 Å². The highest BCUT2D eigenvalue weighted by Gasteiger charge is 2.18. The molecule has 1 atom stereocenters. The van der Waals surface area contributed by atoms with Crippen LogP contribution in [0.1, 0.15) is 18.5 Å². The van der Waals surface area contributed by atoms with Gasteiger partial charge in [0.2, 0.25) is 5.65 Å². The van der Waals surface area contributed by atoms with Crippen LogP contribution in [0.25, 0.3) is 28.2 Å². The molecule has 11 heteroatoms. The molecule has 0 N–H and O–H groups in total. The van der Waals surface area contributed by atoms with E-state index in [1.54, 1.807) is 41.3 Å². The van der Waals surface area contributed by atoms with Crippen LogP contribution in [-0.2, 0) is 10.9 Å². The first-order valence-corrected chi connectivity index (χ1v) is 12.2. The Balaban J connectivity index is 1.52. The van der Waals surface area contributed by atoms with Gasteiger partial charge in [0.05, 0.1) is 30.4 Å². The molecule has 10 nitrogen and oxygen atoms in total. The number of fused-ring (bicyclic) bond motifs is 2. The van der Waals surface area contributed by atoms with Crippen molar-refractivity contribution in [2.24, 2.45) is 0 Å². The van der Waals surface area contributed by atoms with Crippen molar-refractivity contribution in [2.45, 2.75) is 19.3 Å². The van der Waals surface area contributed by atoms with Gasteiger partial charge in [0.25, 0.3) is 0 Å². The summed E-state index contributed by atoms with van der Waals surface area (Å²) in [5, 5.41) is 12.8. The Morgan fingerprint density at radius 2 is 2.00 bits per heavy atom. The van der Waals surface area contributed by atoms with E-state index in [-0.39, 0.29) is 6.04 Å². The minimum Gasteiger partial charge on any atom is -0.322 e. The maximum Gasteiger partial charge on any atom is 0.221 e. The number of nitrogens with zero attached hydrogens (tertiary/aromatic N) is 9. The summed E-state index contributed by atoms with van der Waals surface area (Å²) in [6, 6.07) is 3.90. The van der Waals surface area contributed by atoms with Gasteiger partial charge < -0.3 is 8.97 Å². The average Bonchev–Trinajstić information content (AvgIpc) is 3.44. The molecule has 5 aromatic heterocycles. The molecule has 0 saturated heterocycles. The van der Waals surface area contributed by atoms with Gasteiger partial charge in [-0.2, -0.15) is 5.10 Å². The number of pyridine rings is 1. The molecule has 0 aliphatic heterocycles. The van der Waals surface area contributed by atoms with Crippen LogP contribution in [0.4, 0.5) is 0 Å². The highest BCUT2D eigenvalue weighted by Crippen LogP contribution is 2.37. The molecule has 0 aliphatic carbocycles. The summed E-state index contributed by atoms with van der Waals surface area (Å²) in [5.74, 6) is 0. The number of imidazole rings is 1. The van der Waals surface area contributed by atoms with Crippen molar-refractivity contribution in [3.8, 4) is 11.3 Å². The molecule has 30 heavy (non-hydrogen) atoms. The van der Waals surface area contributed by atoms with Crippen LogP contribution < -0.4 is 0 Å². The molecule has 5 aromatic rings. The van der Waals surface area contributed by atoms with Crippen molar-refractivity contribution in [3.05, 3.63) is 54.9 Å². The van der Waals surface area contributed by atoms with Crippen LogP contribution in [-0.4, -0.2) is 57.5 Å². The smallest absolute Gasteiger partial charge is 0.221 e. The van der Waals surface area contributed by atoms with Crippen LogP contribution in [0.15, 0.2) is 49.3 Å². The molecule has 5 rings (SSSR count). The van der Waals surface area contributed by atoms with Crippen molar-refractivity contribution in [3.63, 3.8) is 0 Å². The van der Waals surface area contributed by atoms with Crippen LogP contribution in [0.2, 0.25) is 0 Å². The number of hydrogen-bond donors (Lipinski definition) is 0. The molecule has 0 amide bonds. The lowest BCUT2D eigenvalue weighted by atomic mass is 10.1. The van der Waals surface area contributed by atoms with E-state index in [0.717, 1.165) is 16.8 Å². The summed E-state index contributed by atoms with van der Waals surface area (Å²) in [6.45, 7) is 5.53. The predicted octanol–water partition coefficient (Wildman–Crippen LogP) is 2.92. The standard InChI is InChI=1S/C19H20N9OP/c1-13(14-4-5-17-20-6-7-26(17)10-14)28-19-18(24-25-28)21-9-16(23-19)15-8-22-27(11-15)12-30(2,3)29/h4-11,13H,12H2,1-3H3. The summed E-state index contributed by atoms with van der Waals surface area (Å²) in [4.78, 5) is 13.4. The van der Waals surface area contributed by atoms with Gasteiger partial charge in [-0.15, -0.1) is 5.10 Å². The number of rotatable bonds is 5. The highest BCUT2D eigenvalue weighted by atomic mass is 31.2. The van der Waals surface area contributed by atoms with Crippen molar-refractivity contribution >= 4 is 24.1 Å². The van der Waals surface area contributed by atoms with Crippen molar-refractivity contribution in [1.29, 1.82) is 0 Å². The van der Waals surface area contributed by atoms with E-state index in [4.69, 9.17) is 4.98 Å². The molecule has 0 aromatic carbocycles. The molecular weight excluding hydrogens is 401 g/mol. The third kappa shape index (κ3) is 3.39. The molecule has 0 aliphatic rings. The lowest BCUT2D eigenvalue weighted by molar-refractivity contribution is 0.554. The fraction of sp³-hybridized carbons (Fsp3) is 0.263. The van der Waals surface area contributed by atoms with Gasteiger partial charge in [-0.3, -0.25) is 4.68 Å². The second-order valence-corrected chi connectivity index (χ2v) is 11.2. The third-order valence-corrected chi connectivity index (χ3v) is 5.83. The first-order chi connectivity index (χ1) is 14.4. The Hall–Kier alpha value is -3.39. The van der Waals surface area contributed by atoms with Gasteiger partial charge in [0.1, 0.15) is 12.8 Å². The summed E-state index contributed by atoms with van der Waals surface area (Å²) in [5.41, 5.74) is 4.48. The molecule has 0 fully saturated rings. The molecule has 0 radical (unpaired) electrons. The minimum absolute atomic E-state index is 0.0971. The summed E-state index contributed by atoms with van der Waals surface area (Å²) < 4.78 is 17.5. The second-order valence-electron chi connectivity index (χ2n) is 7.75. The van der Waals surface area contributed by atoms with Crippen LogP contribution >= 0.6 is 7.14 Å². The number of hydrogen-bond acceptors (Lipinski definition) is 7. The van der Waals surface area contributed by atoms with Crippen LogP contribution in [0.3, 0.4) is 0 Å². The quantitative estimate of drug-likeness (QED) is 0.401. The zero-order valence-electron chi connectivity index (χ0n) is 16.8. The lowest BCUT2D eigenvalue weighted by Gasteiger charge is -2.13. The molecule has 5 heterocycles. The lowest BCUT2D eigenvalue weighted by Crippen LogP contribution is -2.10. The molecule has 0 bridgehead atoms. The molecule has 0 spiro atoms. The maximum absolute atomic E-state index is 12.1. The fourth-order valence-electron chi connectivity index (χ4n) is 3.38. The van der Waals surface area contributed by atoms with E-state index < -0.39 is 7.14 Å². The fourth-order valence-corrected chi connectivity index (χ4v) is 4.23. The summed E-state index contributed by atoms with van der Waals surface area (Å²) in [7, 11) is -2.23. The van der Waals surface area contributed by atoms with Crippen LogP contribution in [0, 0.1) is 0 Å². The Bertz CT molecular complexity index is 1410. The molecule has 1 unspecified atom stereocenters. The highest BCUT2D eigenvalue weighted by molar-refractivity contribution is 7.61. The minimum atomic E-state index is -2.23. The summed E-state index contributed by atoms with van der Waals surface area (Å²) >= 11 is 0. The molecular formula is C19H20N9OP. The number of aromatic nitrogens is 9. The van der Waals surface area contributed by atoms with Gasteiger partial charge in [-0.25, -0.2) is 19.6 Å². The van der Waals surface area contributed by atoms with E-state index in [9.17, 15) is 4.57 Å². The van der Waals surface area contributed by atoms with Gasteiger partial charge in [-0.05, 0) is 31.9 Å². The van der Waals surface area contributed by atoms with E-state index >= 15 is 0 Å². The average molecular weight is 421 g/mol. The summed E-state index contributed by atoms with van der Waals surface area (Å²) in [6.07, 6.45) is 11.3. The Labute approximate surface area is 172 Å². The van der Waals surface area contributed by atoms with Crippen molar-refractivity contribution in [2.75, 3.05) is 13.3 Å². The Morgan fingerprint density at radius 3 is 2.83 bits per heavy atom. The van der Waals surface area contributed by atoms with Gasteiger partial charge in [0.15, 0.2) is 5.65 Å². The second kappa shape index (κ2) is 6.84. The van der Waals surface area contributed by atoms with E-state index in [1.165, 1.54) is 0 Å². The van der Waals surface area contributed by atoms with Gasteiger partial charge in [0, 0.05) is 30.4 Å². The maximum atomic E-state index is 12.1. The Morgan fingerprint density at radius 1 is 1.13 bits per heavy atom. The predicted molar refractivity (Wildman–Crippen MR) is 113 cm³/mol. The largest absolute Gasteiger partial charge is 0.322 e. The molecule has 152 valence electrons. The van der Waals surface area contributed by atoms with Gasteiger partial charge >= 0.3 is 0 Å². The first-order valence-electron chi connectivity index (χ1n) is 9.45.